The molecule has 4 N–H and O–H groups in total. The topological polar surface area (TPSA) is 119 Å². The molecule has 0 atom stereocenters. The van der Waals surface area contributed by atoms with Crippen molar-refractivity contribution in [2.24, 2.45) is 5.84 Å². The molecule has 17 heavy (non-hydrogen) atoms. The van der Waals surface area contributed by atoms with Gasteiger partial charge >= 0.3 is 5.97 Å². The Labute approximate surface area is 98.2 Å². The minimum atomic E-state index is -3.88. The molecule has 1 rings (SSSR count). The number of carboxylic acids is 1. The highest BCUT2D eigenvalue weighted by molar-refractivity contribution is 7.89. The van der Waals surface area contributed by atoms with Gasteiger partial charge in [-0.2, -0.15) is 4.83 Å². The highest BCUT2D eigenvalue weighted by Crippen LogP contribution is 2.22. The first-order valence-corrected chi connectivity index (χ1v) is 6.13. The number of ether oxygens (including phenoxy) is 1. The van der Waals surface area contributed by atoms with Crippen LogP contribution in [-0.2, 0) is 10.0 Å². The van der Waals surface area contributed by atoms with Gasteiger partial charge in [0.2, 0.25) is 0 Å². The number of rotatable bonds is 5. The molecule has 7 nitrogen and oxygen atoms in total. The first kappa shape index (κ1) is 13.4. The average molecular weight is 260 g/mol. The molecule has 0 saturated heterocycles. The molecular weight excluding hydrogens is 248 g/mol. The van der Waals surface area contributed by atoms with Crippen molar-refractivity contribution in [3.8, 4) is 5.75 Å². The third kappa shape index (κ3) is 2.93. The van der Waals surface area contributed by atoms with E-state index in [1.54, 1.807) is 11.8 Å². The van der Waals surface area contributed by atoms with Crippen molar-refractivity contribution in [1.82, 2.24) is 4.83 Å². The summed E-state index contributed by atoms with van der Waals surface area (Å²) < 4.78 is 27.8. The highest BCUT2D eigenvalue weighted by atomic mass is 32.2. The molecule has 0 aromatic heterocycles. The van der Waals surface area contributed by atoms with Gasteiger partial charge in [-0.15, -0.1) is 0 Å². The largest absolute Gasteiger partial charge is 0.493 e. The van der Waals surface area contributed by atoms with Crippen LogP contribution in [0.25, 0.3) is 0 Å². The number of carboxylic acid groups (broad SMARTS) is 1. The van der Waals surface area contributed by atoms with Crippen LogP contribution in [0, 0.1) is 0 Å². The fourth-order valence-corrected chi connectivity index (χ4v) is 1.85. The van der Waals surface area contributed by atoms with Crippen LogP contribution in [0.15, 0.2) is 23.1 Å². The molecule has 0 spiro atoms. The summed E-state index contributed by atoms with van der Waals surface area (Å²) in [6.07, 6.45) is 0. The summed E-state index contributed by atoms with van der Waals surface area (Å²) in [4.78, 5) is 12.3. The van der Waals surface area contributed by atoms with Crippen LogP contribution in [0.5, 0.6) is 5.75 Å². The van der Waals surface area contributed by atoms with Gasteiger partial charge in [0.05, 0.1) is 11.5 Å². The Morgan fingerprint density at radius 3 is 2.65 bits per heavy atom. The van der Waals surface area contributed by atoms with E-state index in [0.717, 1.165) is 6.07 Å². The number of hydrazine groups is 1. The fraction of sp³-hybridized carbons (Fsp3) is 0.222. The first-order chi connectivity index (χ1) is 7.92. The van der Waals surface area contributed by atoms with Gasteiger partial charge in [0, 0.05) is 0 Å². The van der Waals surface area contributed by atoms with Crippen LogP contribution in [0.1, 0.15) is 17.3 Å². The summed E-state index contributed by atoms with van der Waals surface area (Å²) in [5.41, 5.74) is -0.233. The Hall–Kier alpha value is -1.64. The summed E-state index contributed by atoms with van der Waals surface area (Å²) in [6, 6.07) is 3.48. The number of nitrogens with two attached hydrogens (primary N) is 1. The Morgan fingerprint density at radius 2 is 2.18 bits per heavy atom. The summed E-state index contributed by atoms with van der Waals surface area (Å²) in [6.45, 7) is 1.97. The quantitative estimate of drug-likeness (QED) is 0.504. The lowest BCUT2D eigenvalue weighted by molar-refractivity contribution is 0.0692. The van der Waals surface area contributed by atoms with Crippen LogP contribution >= 0.6 is 0 Å². The van der Waals surface area contributed by atoms with Crippen LogP contribution in [-0.4, -0.2) is 26.1 Å². The SMILES string of the molecule is CCOc1ccc(S(=O)(=O)NN)cc1C(=O)O. The summed E-state index contributed by atoms with van der Waals surface area (Å²) in [5, 5.41) is 8.93. The molecule has 0 bridgehead atoms. The van der Waals surface area contributed by atoms with E-state index in [9.17, 15) is 13.2 Å². The van der Waals surface area contributed by atoms with Crippen LogP contribution in [0.2, 0.25) is 0 Å². The Morgan fingerprint density at radius 1 is 1.53 bits per heavy atom. The molecule has 0 unspecified atom stereocenters. The van der Waals surface area contributed by atoms with Crippen molar-refractivity contribution in [3.63, 3.8) is 0 Å². The standard InChI is InChI=1S/C9H12N2O5S/c1-2-16-8-4-3-6(17(14,15)11-10)5-7(8)9(12)13/h3-5,11H,2,10H2,1H3,(H,12,13). The molecule has 0 aliphatic heterocycles. The minimum Gasteiger partial charge on any atom is -0.493 e. The number of hydrogen-bond donors (Lipinski definition) is 3. The van der Waals surface area contributed by atoms with Crippen molar-refractivity contribution in [3.05, 3.63) is 23.8 Å². The van der Waals surface area contributed by atoms with E-state index in [1.807, 2.05) is 0 Å². The molecule has 0 radical (unpaired) electrons. The summed E-state index contributed by atoms with van der Waals surface area (Å²) in [7, 11) is -3.88. The smallest absolute Gasteiger partial charge is 0.339 e. The monoisotopic (exact) mass is 260 g/mol. The van der Waals surface area contributed by atoms with E-state index < -0.39 is 16.0 Å². The zero-order chi connectivity index (χ0) is 13.1. The predicted octanol–water partition coefficient (Wildman–Crippen LogP) is -0.0645. The third-order valence-corrected chi connectivity index (χ3v) is 3.13. The van der Waals surface area contributed by atoms with Gasteiger partial charge in [0.25, 0.3) is 10.0 Å². The maximum atomic E-state index is 11.4. The second kappa shape index (κ2) is 5.13. The van der Waals surface area contributed by atoms with Gasteiger partial charge in [0.1, 0.15) is 11.3 Å². The zero-order valence-electron chi connectivity index (χ0n) is 9.00. The minimum absolute atomic E-state index is 0.107. The van der Waals surface area contributed by atoms with Gasteiger partial charge in [-0.3, -0.25) is 5.84 Å². The van der Waals surface area contributed by atoms with E-state index in [4.69, 9.17) is 15.7 Å². The Balaban J connectivity index is 3.33. The number of carbonyl (C=O) groups is 1. The molecule has 0 fully saturated rings. The van der Waals surface area contributed by atoms with E-state index in [-0.39, 0.29) is 22.8 Å². The number of nitrogens with one attached hydrogen (secondary N) is 1. The van der Waals surface area contributed by atoms with Gasteiger partial charge in [0.15, 0.2) is 0 Å². The highest BCUT2D eigenvalue weighted by Gasteiger charge is 2.18. The fourth-order valence-electron chi connectivity index (χ4n) is 1.19. The lowest BCUT2D eigenvalue weighted by Crippen LogP contribution is -2.30. The maximum Gasteiger partial charge on any atom is 0.339 e. The number of benzene rings is 1. The first-order valence-electron chi connectivity index (χ1n) is 4.65. The molecule has 8 heteroatoms. The molecule has 0 aliphatic carbocycles. The van der Waals surface area contributed by atoms with Crippen LogP contribution in [0.3, 0.4) is 0 Å². The molecule has 0 saturated carbocycles. The molecule has 94 valence electrons. The molecule has 0 aliphatic rings. The molecule has 1 aromatic rings. The van der Waals surface area contributed by atoms with Crippen LogP contribution < -0.4 is 15.4 Å². The Kier molecular flexibility index (Phi) is 4.05. The zero-order valence-corrected chi connectivity index (χ0v) is 9.82. The van der Waals surface area contributed by atoms with E-state index in [0.29, 0.717) is 0 Å². The van der Waals surface area contributed by atoms with Crippen molar-refractivity contribution in [2.45, 2.75) is 11.8 Å². The average Bonchev–Trinajstić information content (AvgIpc) is 2.29. The summed E-state index contributed by atoms with van der Waals surface area (Å²) in [5.74, 6) is 3.68. The summed E-state index contributed by atoms with van der Waals surface area (Å²) >= 11 is 0. The molecule has 1 aromatic carbocycles. The van der Waals surface area contributed by atoms with Crippen molar-refractivity contribution in [1.29, 1.82) is 0 Å². The van der Waals surface area contributed by atoms with E-state index >= 15 is 0 Å². The van der Waals surface area contributed by atoms with Gasteiger partial charge in [-0.05, 0) is 25.1 Å². The third-order valence-electron chi connectivity index (χ3n) is 1.95. The van der Waals surface area contributed by atoms with Gasteiger partial charge in [-0.25, -0.2) is 13.2 Å². The number of aromatic carboxylic acids is 1. The van der Waals surface area contributed by atoms with Gasteiger partial charge < -0.3 is 9.84 Å². The van der Waals surface area contributed by atoms with Crippen LogP contribution in [0.4, 0.5) is 0 Å². The lowest BCUT2D eigenvalue weighted by atomic mass is 10.2. The van der Waals surface area contributed by atoms with Crippen molar-refractivity contribution < 1.29 is 23.1 Å². The lowest BCUT2D eigenvalue weighted by Gasteiger charge is -2.09. The number of sulfonamides is 1. The molecule has 0 amide bonds. The normalized spacial score (nSPS) is 11.2. The maximum absolute atomic E-state index is 11.4. The van der Waals surface area contributed by atoms with Crippen molar-refractivity contribution >= 4 is 16.0 Å². The predicted molar refractivity (Wildman–Crippen MR) is 59.1 cm³/mol. The number of hydrogen-bond acceptors (Lipinski definition) is 5. The van der Waals surface area contributed by atoms with Gasteiger partial charge in [-0.1, -0.05) is 0 Å². The molecule has 0 heterocycles. The van der Waals surface area contributed by atoms with Crippen molar-refractivity contribution in [2.75, 3.05) is 6.61 Å². The van der Waals surface area contributed by atoms with E-state index in [2.05, 4.69) is 0 Å². The molecular formula is C9H12N2O5S. The van der Waals surface area contributed by atoms with E-state index in [1.165, 1.54) is 12.1 Å². The second-order valence-electron chi connectivity index (χ2n) is 3.02. The Bertz CT molecular complexity index is 526. The second-order valence-corrected chi connectivity index (χ2v) is 4.73.